The molecular formula is C34H43N7O5. The summed E-state index contributed by atoms with van der Waals surface area (Å²) in [4.78, 5) is 46.7. The molecule has 0 unspecified atom stereocenters. The molecule has 0 aliphatic carbocycles. The second-order valence-corrected chi connectivity index (χ2v) is 13.1. The number of anilines is 2. The number of rotatable bonds is 5. The minimum Gasteiger partial charge on any atom is -0.454 e. The number of nitrogens with zero attached hydrogens (tertiary/aromatic N) is 5. The zero-order chi connectivity index (χ0) is 32.4. The van der Waals surface area contributed by atoms with Gasteiger partial charge in [0.25, 0.3) is 17.7 Å². The molecule has 244 valence electrons. The van der Waals surface area contributed by atoms with Crippen molar-refractivity contribution < 1.29 is 23.9 Å². The van der Waals surface area contributed by atoms with E-state index in [4.69, 9.17) is 9.47 Å². The molecule has 0 radical (unpaired) electrons. The molecule has 0 bridgehead atoms. The van der Waals surface area contributed by atoms with Crippen molar-refractivity contribution in [3.8, 4) is 11.5 Å². The molecule has 2 N–H and O–H groups in total. The third-order valence-corrected chi connectivity index (χ3v) is 8.74. The van der Waals surface area contributed by atoms with Crippen LogP contribution in [-0.4, -0.2) is 96.5 Å². The monoisotopic (exact) mass is 629 g/mol. The van der Waals surface area contributed by atoms with Crippen molar-refractivity contribution in [2.45, 2.75) is 39.0 Å². The number of aryl methyl sites for hydroxylation is 1. The van der Waals surface area contributed by atoms with E-state index in [2.05, 4.69) is 41.4 Å². The molecule has 2 saturated heterocycles. The standard InChI is InChI=1S/C34H43N7O5/c1-34(2,3)30-21-27(38(4)37-30)33(44)41-15-6-14-39(17-18-41)26-9-7-24(32(43)40-13-5-11-35-12-16-40)19-25(26)36-31(42)23-8-10-28-29(20-23)46-22-45-28/h7-10,19-21,35H,5-6,11-18,22H2,1-4H3,(H,36,42). The molecule has 3 aromatic rings. The molecule has 0 atom stereocenters. The van der Waals surface area contributed by atoms with Gasteiger partial charge in [-0.05, 0) is 61.9 Å². The molecular weight excluding hydrogens is 586 g/mol. The first-order valence-corrected chi connectivity index (χ1v) is 16.0. The van der Waals surface area contributed by atoms with Gasteiger partial charge < -0.3 is 34.8 Å². The number of hydrogen-bond acceptors (Lipinski definition) is 8. The van der Waals surface area contributed by atoms with Crippen LogP contribution in [0.1, 0.15) is 70.5 Å². The van der Waals surface area contributed by atoms with Crippen LogP contribution in [0.2, 0.25) is 0 Å². The van der Waals surface area contributed by atoms with E-state index in [1.807, 2.05) is 35.0 Å². The molecule has 2 aromatic carbocycles. The average Bonchev–Trinajstić information content (AvgIpc) is 3.46. The van der Waals surface area contributed by atoms with Crippen LogP contribution in [0.5, 0.6) is 11.5 Å². The Kier molecular flexibility index (Phi) is 8.90. The van der Waals surface area contributed by atoms with Crippen LogP contribution in [0.15, 0.2) is 42.5 Å². The van der Waals surface area contributed by atoms with E-state index in [0.717, 1.165) is 37.3 Å². The van der Waals surface area contributed by atoms with E-state index in [1.54, 1.807) is 28.9 Å². The number of benzene rings is 2. The summed E-state index contributed by atoms with van der Waals surface area (Å²) in [5.41, 5.74) is 3.57. The van der Waals surface area contributed by atoms with Gasteiger partial charge in [0, 0.05) is 69.4 Å². The Morgan fingerprint density at radius 1 is 0.804 bits per heavy atom. The molecule has 4 heterocycles. The maximum Gasteiger partial charge on any atom is 0.272 e. The van der Waals surface area contributed by atoms with E-state index < -0.39 is 0 Å². The van der Waals surface area contributed by atoms with E-state index in [0.29, 0.717) is 73.3 Å². The summed E-state index contributed by atoms with van der Waals surface area (Å²) in [5, 5.41) is 11.0. The first-order valence-electron chi connectivity index (χ1n) is 16.0. The van der Waals surface area contributed by atoms with Crippen molar-refractivity contribution in [1.29, 1.82) is 0 Å². The highest BCUT2D eigenvalue weighted by molar-refractivity contribution is 6.07. The minimum atomic E-state index is -0.319. The highest BCUT2D eigenvalue weighted by atomic mass is 16.7. The smallest absolute Gasteiger partial charge is 0.272 e. The predicted molar refractivity (Wildman–Crippen MR) is 175 cm³/mol. The quantitative estimate of drug-likeness (QED) is 0.440. The van der Waals surface area contributed by atoms with Crippen molar-refractivity contribution >= 4 is 29.1 Å². The molecule has 46 heavy (non-hydrogen) atoms. The third-order valence-electron chi connectivity index (χ3n) is 8.74. The second kappa shape index (κ2) is 13.0. The van der Waals surface area contributed by atoms with Crippen LogP contribution in [0.3, 0.4) is 0 Å². The zero-order valence-electron chi connectivity index (χ0n) is 27.1. The van der Waals surface area contributed by atoms with Gasteiger partial charge in [-0.25, -0.2) is 0 Å². The molecule has 3 aliphatic heterocycles. The highest BCUT2D eigenvalue weighted by Crippen LogP contribution is 2.34. The van der Waals surface area contributed by atoms with Gasteiger partial charge in [0.2, 0.25) is 6.79 Å². The lowest BCUT2D eigenvalue weighted by molar-refractivity contribution is 0.0752. The number of aromatic nitrogens is 2. The molecule has 3 amide bonds. The number of carbonyl (C=O) groups excluding carboxylic acids is 3. The van der Waals surface area contributed by atoms with Gasteiger partial charge in [0.05, 0.1) is 17.1 Å². The SMILES string of the molecule is Cn1nc(C(C)(C)C)cc1C(=O)N1CCCN(c2ccc(C(=O)N3CCCNCC3)cc2NC(=O)c2ccc3c(c2)OCO3)CC1. The third kappa shape index (κ3) is 6.67. The van der Waals surface area contributed by atoms with Gasteiger partial charge in [-0.3, -0.25) is 19.1 Å². The maximum atomic E-state index is 13.6. The summed E-state index contributed by atoms with van der Waals surface area (Å²) in [6, 6.07) is 12.5. The molecule has 1 aromatic heterocycles. The van der Waals surface area contributed by atoms with Crippen molar-refractivity contribution in [2.75, 3.05) is 69.4 Å². The van der Waals surface area contributed by atoms with Gasteiger partial charge in [-0.1, -0.05) is 20.8 Å². The number of hydrogen-bond donors (Lipinski definition) is 2. The fraction of sp³-hybridized carbons (Fsp3) is 0.471. The largest absolute Gasteiger partial charge is 0.454 e. The first kappa shape index (κ1) is 31.4. The Labute approximate surface area is 269 Å². The molecule has 6 rings (SSSR count). The summed E-state index contributed by atoms with van der Waals surface area (Å²) in [6.45, 7) is 11.7. The minimum absolute atomic E-state index is 0.0448. The Hall–Kier alpha value is -4.58. The van der Waals surface area contributed by atoms with Gasteiger partial charge >= 0.3 is 0 Å². The first-order chi connectivity index (χ1) is 22.1. The Morgan fingerprint density at radius 2 is 1.57 bits per heavy atom. The lowest BCUT2D eigenvalue weighted by Gasteiger charge is -2.27. The molecule has 12 nitrogen and oxygen atoms in total. The van der Waals surface area contributed by atoms with Gasteiger partial charge in [0.1, 0.15) is 5.69 Å². The Bertz CT molecular complexity index is 1620. The fourth-order valence-corrected chi connectivity index (χ4v) is 6.07. The topological polar surface area (TPSA) is 121 Å². The lowest BCUT2D eigenvalue weighted by atomic mass is 9.92. The fourth-order valence-electron chi connectivity index (χ4n) is 6.07. The van der Waals surface area contributed by atoms with Crippen molar-refractivity contribution in [3.05, 3.63) is 65.0 Å². The van der Waals surface area contributed by atoms with E-state index >= 15 is 0 Å². The average molecular weight is 630 g/mol. The molecule has 3 aliphatic rings. The Morgan fingerprint density at radius 3 is 2.37 bits per heavy atom. The number of nitrogens with one attached hydrogen (secondary N) is 2. The van der Waals surface area contributed by atoms with Crippen LogP contribution in [0.25, 0.3) is 0 Å². The van der Waals surface area contributed by atoms with Crippen molar-refractivity contribution in [2.24, 2.45) is 7.05 Å². The van der Waals surface area contributed by atoms with Gasteiger partial charge in [-0.2, -0.15) is 5.10 Å². The summed E-state index contributed by atoms with van der Waals surface area (Å²) in [5.74, 6) is 0.692. The summed E-state index contributed by atoms with van der Waals surface area (Å²) in [6.07, 6.45) is 1.63. The molecule has 0 spiro atoms. The van der Waals surface area contributed by atoms with Crippen LogP contribution in [0, 0.1) is 0 Å². The number of carbonyl (C=O) groups is 3. The Balaban J connectivity index is 1.25. The molecule has 0 saturated carbocycles. The van der Waals surface area contributed by atoms with Gasteiger partial charge in [-0.15, -0.1) is 0 Å². The highest BCUT2D eigenvalue weighted by Gasteiger charge is 2.28. The maximum absolute atomic E-state index is 13.6. The summed E-state index contributed by atoms with van der Waals surface area (Å²) in [7, 11) is 1.81. The summed E-state index contributed by atoms with van der Waals surface area (Å²) >= 11 is 0. The predicted octanol–water partition coefficient (Wildman–Crippen LogP) is 3.49. The zero-order valence-corrected chi connectivity index (χ0v) is 27.1. The normalized spacial score (nSPS) is 17.0. The van der Waals surface area contributed by atoms with Crippen LogP contribution in [-0.2, 0) is 12.5 Å². The van der Waals surface area contributed by atoms with E-state index in [9.17, 15) is 14.4 Å². The van der Waals surface area contributed by atoms with Crippen LogP contribution in [0.4, 0.5) is 11.4 Å². The van der Waals surface area contributed by atoms with Gasteiger partial charge in [0.15, 0.2) is 11.5 Å². The summed E-state index contributed by atoms with van der Waals surface area (Å²) < 4.78 is 12.6. The van der Waals surface area contributed by atoms with Crippen molar-refractivity contribution in [3.63, 3.8) is 0 Å². The van der Waals surface area contributed by atoms with E-state index in [1.165, 1.54) is 0 Å². The number of amides is 3. The van der Waals surface area contributed by atoms with E-state index in [-0.39, 0.29) is 29.9 Å². The molecule has 12 heteroatoms. The molecule has 2 fully saturated rings. The number of fused-ring (bicyclic) bond motifs is 1. The number of ether oxygens (including phenoxy) is 2. The lowest BCUT2D eigenvalue weighted by Crippen LogP contribution is -2.36. The van der Waals surface area contributed by atoms with Crippen molar-refractivity contribution in [1.82, 2.24) is 24.9 Å². The van der Waals surface area contributed by atoms with Crippen LogP contribution >= 0.6 is 0 Å². The second-order valence-electron chi connectivity index (χ2n) is 13.1. The van der Waals surface area contributed by atoms with Crippen LogP contribution < -0.4 is 25.0 Å².